The Morgan fingerprint density at radius 3 is 2.70 bits per heavy atom. The molecule has 0 spiro atoms. The fraction of sp³-hybridized carbons (Fsp3) is 0.150. The van der Waals surface area contributed by atoms with E-state index in [-0.39, 0.29) is 24.8 Å². The Hall–Kier alpha value is -3.61. The van der Waals surface area contributed by atoms with Gasteiger partial charge in [0.05, 0.1) is 12.0 Å². The number of nitrogens with zero attached hydrogens (tertiary/aromatic N) is 2. The molecule has 27 heavy (non-hydrogen) atoms. The normalized spacial score (nSPS) is 12.0. The van der Waals surface area contributed by atoms with E-state index in [0.29, 0.717) is 23.7 Å². The molecule has 0 bridgehead atoms. The lowest BCUT2D eigenvalue weighted by molar-refractivity contribution is -0.121. The first kappa shape index (κ1) is 16.8. The Morgan fingerprint density at radius 1 is 1.07 bits per heavy atom. The van der Waals surface area contributed by atoms with Crippen molar-refractivity contribution in [3.05, 3.63) is 76.8 Å². The monoisotopic (exact) mass is 363 g/mol. The highest BCUT2D eigenvalue weighted by Crippen LogP contribution is 2.35. The highest BCUT2D eigenvalue weighted by Gasteiger charge is 2.15. The molecule has 0 fully saturated rings. The fourth-order valence-corrected chi connectivity index (χ4v) is 2.77. The minimum absolute atomic E-state index is 0.0832. The fourth-order valence-electron chi connectivity index (χ4n) is 2.77. The molecule has 1 aliphatic heterocycles. The van der Waals surface area contributed by atoms with E-state index >= 15 is 0 Å². The van der Waals surface area contributed by atoms with E-state index in [1.165, 1.54) is 17.0 Å². The quantitative estimate of drug-likeness (QED) is 0.749. The van der Waals surface area contributed by atoms with Crippen LogP contribution < -0.4 is 20.3 Å². The summed E-state index contributed by atoms with van der Waals surface area (Å²) in [4.78, 5) is 28.7. The van der Waals surface area contributed by atoms with Gasteiger partial charge < -0.3 is 14.8 Å². The van der Waals surface area contributed by atoms with Gasteiger partial charge in [0.1, 0.15) is 6.54 Å². The van der Waals surface area contributed by atoms with Gasteiger partial charge >= 0.3 is 0 Å². The van der Waals surface area contributed by atoms with Gasteiger partial charge in [-0.15, -0.1) is 0 Å². The Morgan fingerprint density at radius 2 is 1.89 bits per heavy atom. The first-order valence-corrected chi connectivity index (χ1v) is 8.46. The lowest BCUT2D eigenvalue weighted by Gasteiger charge is -2.08. The van der Waals surface area contributed by atoms with Crippen LogP contribution in [0.15, 0.2) is 65.7 Å². The summed E-state index contributed by atoms with van der Waals surface area (Å²) in [6.07, 6.45) is 1.38. The summed E-state index contributed by atoms with van der Waals surface area (Å²) in [7, 11) is 0. The number of nitrogens with one attached hydrogen (secondary N) is 1. The molecule has 0 saturated carbocycles. The predicted octanol–water partition coefficient (Wildman–Crippen LogP) is 1.96. The van der Waals surface area contributed by atoms with Gasteiger partial charge in [0.2, 0.25) is 12.7 Å². The Bertz CT molecular complexity index is 1030. The molecule has 1 N–H and O–H groups in total. The SMILES string of the molecule is O=C(Cn1cnc(-c2ccc3c(c2)OCO3)cc1=O)NCc1ccccc1. The zero-order valence-corrected chi connectivity index (χ0v) is 14.4. The molecule has 4 rings (SSSR count). The Kier molecular flexibility index (Phi) is 4.57. The zero-order valence-electron chi connectivity index (χ0n) is 14.4. The van der Waals surface area contributed by atoms with Gasteiger partial charge in [-0.1, -0.05) is 30.3 Å². The van der Waals surface area contributed by atoms with Gasteiger partial charge in [-0.25, -0.2) is 4.98 Å². The predicted molar refractivity (Wildman–Crippen MR) is 98.3 cm³/mol. The minimum atomic E-state index is -0.299. The van der Waals surface area contributed by atoms with Gasteiger partial charge in [0.25, 0.3) is 5.56 Å². The van der Waals surface area contributed by atoms with Crippen LogP contribution in [0.4, 0.5) is 0 Å². The second-order valence-electron chi connectivity index (χ2n) is 6.07. The van der Waals surface area contributed by atoms with Crippen molar-refractivity contribution < 1.29 is 14.3 Å². The summed E-state index contributed by atoms with van der Waals surface area (Å²) in [5, 5.41) is 2.79. The van der Waals surface area contributed by atoms with Crippen molar-refractivity contribution in [2.24, 2.45) is 0 Å². The Labute approximate surface area is 155 Å². The molecule has 1 aromatic heterocycles. The Balaban J connectivity index is 1.44. The van der Waals surface area contributed by atoms with Gasteiger partial charge in [-0.3, -0.25) is 14.2 Å². The molecule has 0 saturated heterocycles. The highest BCUT2D eigenvalue weighted by molar-refractivity contribution is 5.75. The van der Waals surface area contributed by atoms with E-state index in [4.69, 9.17) is 9.47 Å². The maximum atomic E-state index is 12.3. The first-order chi connectivity index (χ1) is 13.2. The van der Waals surface area contributed by atoms with Crippen LogP contribution in [0.2, 0.25) is 0 Å². The minimum Gasteiger partial charge on any atom is -0.454 e. The van der Waals surface area contributed by atoms with Gasteiger partial charge in [-0.2, -0.15) is 0 Å². The summed E-state index contributed by atoms with van der Waals surface area (Å²) in [5.74, 6) is 1.04. The van der Waals surface area contributed by atoms with E-state index in [1.807, 2.05) is 36.4 Å². The smallest absolute Gasteiger partial charge is 0.254 e. The van der Waals surface area contributed by atoms with Crippen molar-refractivity contribution in [3.8, 4) is 22.8 Å². The van der Waals surface area contributed by atoms with Crippen LogP contribution in [0.1, 0.15) is 5.56 Å². The van der Waals surface area contributed by atoms with Crippen LogP contribution in [0.25, 0.3) is 11.3 Å². The van der Waals surface area contributed by atoms with Crippen molar-refractivity contribution in [1.82, 2.24) is 14.9 Å². The third-order valence-electron chi connectivity index (χ3n) is 4.19. The van der Waals surface area contributed by atoms with E-state index in [9.17, 15) is 9.59 Å². The van der Waals surface area contributed by atoms with Crippen molar-refractivity contribution in [3.63, 3.8) is 0 Å². The van der Waals surface area contributed by atoms with E-state index in [1.54, 1.807) is 12.1 Å². The van der Waals surface area contributed by atoms with E-state index < -0.39 is 0 Å². The van der Waals surface area contributed by atoms with Crippen LogP contribution in [0.3, 0.4) is 0 Å². The summed E-state index contributed by atoms with van der Waals surface area (Å²) < 4.78 is 11.9. The molecule has 1 amide bonds. The highest BCUT2D eigenvalue weighted by atomic mass is 16.7. The number of carbonyl (C=O) groups excluding carboxylic acids is 1. The van der Waals surface area contributed by atoms with Crippen LogP contribution in [0.5, 0.6) is 11.5 Å². The van der Waals surface area contributed by atoms with E-state index in [2.05, 4.69) is 10.3 Å². The molecule has 3 aromatic rings. The zero-order chi connectivity index (χ0) is 18.6. The third kappa shape index (κ3) is 3.82. The summed E-state index contributed by atoms with van der Waals surface area (Å²) >= 11 is 0. The number of amides is 1. The molecule has 7 nitrogen and oxygen atoms in total. The molecule has 0 radical (unpaired) electrons. The largest absolute Gasteiger partial charge is 0.454 e. The van der Waals surface area contributed by atoms with Crippen molar-refractivity contribution in [2.45, 2.75) is 13.1 Å². The maximum absolute atomic E-state index is 12.3. The van der Waals surface area contributed by atoms with Crippen molar-refractivity contribution in [1.29, 1.82) is 0 Å². The second-order valence-corrected chi connectivity index (χ2v) is 6.07. The van der Waals surface area contributed by atoms with Crippen LogP contribution in [-0.4, -0.2) is 22.3 Å². The second kappa shape index (κ2) is 7.33. The average molecular weight is 363 g/mol. The summed E-state index contributed by atoms with van der Waals surface area (Å²) in [6, 6.07) is 16.4. The third-order valence-corrected chi connectivity index (χ3v) is 4.19. The number of rotatable bonds is 5. The lowest BCUT2D eigenvalue weighted by atomic mass is 10.1. The number of benzene rings is 2. The standard InChI is InChI=1S/C20H17N3O4/c24-19(21-10-14-4-2-1-3-5-14)11-23-12-22-16(9-20(23)25)15-6-7-17-18(8-15)27-13-26-17/h1-9,12H,10-11,13H2,(H,21,24). The van der Waals surface area contributed by atoms with Crippen LogP contribution in [0, 0.1) is 0 Å². The van der Waals surface area contributed by atoms with Gasteiger partial charge in [-0.05, 0) is 23.8 Å². The molecule has 0 unspecified atom stereocenters. The number of aromatic nitrogens is 2. The van der Waals surface area contributed by atoms with Crippen molar-refractivity contribution in [2.75, 3.05) is 6.79 Å². The molecule has 7 heteroatoms. The first-order valence-electron chi connectivity index (χ1n) is 8.46. The molecule has 0 aliphatic carbocycles. The number of carbonyl (C=O) groups is 1. The topological polar surface area (TPSA) is 82.5 Å². The van der Waals surface area contributed by atoms with Gasteiger partial charge in [0.15, 0.2) is 11.5 Å². The van der Waals surface area contributed by atoms with Crippen molar-refractivity contribution >= 4 is 5.91 Å². The molecule has 2 aromatic carbocycles. The molecule has 1 aliphatic rings. The molecule has 2 heterocycles. The number of hydrogen-bond acceptors (Lipinski definition) is 5. The van der Waals surface area contributed by atoms with Crippen LogP contribution >= 0.6 is 0 Å². The molecular weight excluding hydrogens is 346 g/mol. The average Bonchev–Trinajstić information content (AvgIpc) is 3.16. The molecular formula is C20H17N3O4. The van der Waals surface area contributed by atoms with E-state index in [0.717, 1.165) is 11.1 Å². The maximum Gasteiger partial charge on any atom is 0.254 e. The molecule has 136 valence electrons. The van der Waals surface area contributed by atoms with Crippen LogP contribution in [-0.2, 0) is 17.9 Å². The summed E-state index contributed by atoms with van der Waals surface area (Å²) in [5.41, 5.74) is 1.96. The lowest BCUT2D eigenvalue weighted by Crippen LogP contribution is -2.31. The number of fused-ring (bicyclic) bond motifs is 1. The van der Waals surface area contributed by atoms with Gasteiger partial charge in [0, 0.05) is 18.2 Å². The number of ether oxygens (including phenoxy) is 2. The summed E-state index contributed by atoms with van der Waals surface area (Å²) in [6.45, 7) is 0.517. The molecule has 0 atom stereocenters. The number of hydrogen-bond donors (Lipinski definition) is 1.